The Hall–Kier alpha value is -0.810. The van der Waals surface area contributed by atoms with Gasteiger partial charge >= 0.3 is 0 Å². The third-order valence-corrected chi connectivity index (χ3v) is 2.58. The van der Waals surface area contributed by atoms with Crippen LogP contribution in [0.4, 0.5) is 5.69 Å². The van der Waals surface area contributed by atoms with Crippen LogP contribution in [0.5, 0.6) is 0 Å². The van der Waals surface area contributed by atoms with Crippen LogP contribution in [0.15, 0.2) is 24.3 Å². The molecular weight excluding hydrogens is 228 g/mol. The standard InChI is InChI=1S/C11H16N2O2.ClH/c12-15-9-10-3-1-2-4-11(10)13-5-7-14-8-6-13;/h1-4H,5-9,12H2;1H. The fourth-order valence-electron chi connectivity index (χ4n) is 1.84. The van der Waals surface area contributed by atoms with E-state index in [1.165, 1.54) is 5.69 Å². The summed E-state index contributed by atoms with van der Waals surface area (Å²) in [4.78, 5) is 7.00. The predicted molar refractivity (Wildman–Crippen MR) is 65.7 cm³/mol. The minimum atomic E-state index is 0. The molecule has 2 N–H and O–H groups in total. The average molecular weight is 245 g/mol. The summed E-state index contributed by atoms with van der Waals surface area (Å²) in [6, 6.07) is 8.17. The molecule has 1 aromatic rings. The summed E-state index contributed by atoms with van der Waals surface area (Å²) in [6.07, 6.45) is 0. The maximum Gasteiger partial charge on any atom is 0.0950 e. The van der Waals surface area contributed by atoms with Gasteiger partial charge in [-0.1, -0.05) is 18.2 Å². The number of para-hydroxylation sites is 1. The molecule has 1 saturated heterocycles. The van der Waals surface area contributed by atoms with Gasteiger partial charge in [0.25, 0.3) is 0 Å². The van der Waals surface area contributed by atoms with E-state index in [1.807, 2.05) is 18.2 Å². The molecule has 90 valence electrons. The molecule has 1 aliphatic heterocycles. The van der Waals surface area contributed by atoms with Gasteiger partial charge in [0.2, 0.25) is 0 Å². The molecule has 2 rings (SSSR count). The van der Waals surface area contributed by atoms with E-state index < -0.39 is 0 Å². The molecule has 0 aromatic heterocycles. The van der Waals surface area contributed by atoms with Crippen LogP contribution in [0.25, 0.3) is 0 Å². The molecule has 0 unspecified atom stereocenters. The largest absolute Gasteiger partial charge is 0.378 e. The van der Waals surface area contributed by atoms with E-state index in [0.29, 0.717) is 6.61 Å². The lowest BCUT2D eigenvalue weighted by molar-refractivity contribution is 0.118. The van der Waals surface area contributed by atoms with Gasteiger partial charge in [-0.3, -0.25) is 4.84 Å². The maximum atomic E-state index is 5.32. The highest BCUT2D eigenvalue weighted by molar-refractivity contribution is 5.85. The first-order chi connectivity index (χ1) is 7.42. The molecule has 16 heavy (non-hydrogen) atoms. The maximum absolute atomic E-state index is 5.32. The van der Waals surface area contributed by atoms with Gasteiger partial charge in [-0.2, -0.15) is 0 Å². The van der Waals surface area contributed by atoms with Gasteiger partial charge in [0.05, 0.1) is 19.8 Å². The lowest BCUT2D eigenvalue weighted by Crippen LogP contribution is -2.36. The minimum absolute atomic E-state index is 0. The molecule has 1 aliphatic rings. The lowest BCUT2D eigenvalue weighted by Gasteiger charge is -2.30. The number of hydrogen-bond acceptors (Lipinski definition) is 4. The minimum Gasteiger partial charge on any atom is -0.378 e. The van der Waals surface area contributed by atoms with Gasteiger partial charge in [-0.25, -0.2) is 5.90 Å². The number of nitrogens with two attached hydrogens (primary N) is 1. The second-order valence-electron chi connectivity index (χ2n) is 3.54. The molecule has 0 spiro atoms. The number of halogens is 1. The van der Waals surface area contributed by atoms with Gasteiger partial charge < -0.3 is 9.64 Å². The Morgan fingerprint density at radius 1 is 1.25 bits per heavy atom. The summed E-state index contributed by atoms with van der Waals surface area (Å²) in [5, 5.41) is 0. The molecular formula is C11H17ClN2O2. The smallest absolute Gasteiger partial charge is 0.0950 e. The van der Waals surface area contributed by atoms with Crippen molar-refractivity contribution in [1.82, 2.24) is 0 Å². The highest BCUT2D eigenvalue weighted by Crippen LogP contribution is 2.21. The summed E-state index contributed by atoms with van der Waals surface area (Å²) in [5.41, 5.74) is 2.33. The second-order valence-corrected chi connectivity index (χ2v) is 3.54. The molecule has 4 nitrogen and oxygen atoms in total. The fraction of sp³-hybridized carbons (Fsp3) is 0.455. The molecule has 0 atom stereocenters. The number of hydrogen-bond donors (Lipinski definition) is 1. The summed E-state index contributed by atoms with van der Waals surface area (Å²) in [6.45, 7) is 3.90. The SMILES string of the molecule is Cl.NOCc1ccccc1N1CCOCC1. The fourth-order valence-corrected chi connectivity index (χ4v) is 1.84. The first-order valence-electron chi connectivity index (χ1n) is 5.14. The molecule has 1 aromatic carbocycles. The van der Waals surface area contributed by atoms with Crippen molar-refractivity contribution in [3.8, 4) is 0 Å². The molecule has 1 fully saturated rings. The van der Waals surface area contributed by atoms with Crippen LogP contribution in [-0.4, -0.2) is 26.3 Å². The van der Waals surface area contributed by atoms with Crippen LogP contribution in [0, 0.1) is 0 Å². The Morgan fingerprint density at radius 3 is 2.62 bits per heavy atom. The Bertz CT molecular complexity index is 317. The topological polar surface area (TPSA) is 47.7 Å². The van der Waals surface area contributed by atoms with Crippen molar-refractivity contribution in [3.05, 3.63) is 29.8 Å². The van der Waals surface area contributed by atoms with Crippen LogP contribution in [-0.2, 0) is 16.2 Å². The van der Waals surface area contributed by atoms with Crippen molar-refractivity contribution in [2.75, 3.05) is 31.2 Å². The van der Waals surface area contributed by atoms with E-state index in [4.69, 9.17) is 15.5 Å². The molecule has 1 heterocycles. The third-order valence-electron chi connectivity index (χ3n) is 2.58. The van der Waals surface area contributed by atoms with E-state index in [9.17, 15) is 0 Å². The van der Waals surface area contributed by atoms with Crippen molar-refractivity contribution >= 4 is 18.1 Å². The second kappa shape index (κ2) is 6.70. The Balaban J connectivity index is 0.00000128. The van der Waals surface area contributed by atoms with Crippen molar-refractivity contribution in [2.24, 2.45) is 5.90 Å². The zero-order valence-electron chi connectivity index (χ0n) is 9.09. The summed E-state index contributed by atoms with van der Waals surface area (Å²) >= 11 is 0. The Labute approximate surface area is 102 Å². The van der Waals surface area contributed by atoms with Crippen LogP contribution < -0.4 is 10.8 Å². The number of anilines is 1. The van der Waals surface area contributed by atoms with Crippen molar-refractivity contribution < 1.29 is 9.57 Å². The zero-order chi connectivity index (χ0) is 10.5. The zero-order valence-corrected chi connectivity index (χ0v) is 9.91. The molecule has 0 bridgehead atoms. The van der Waals surface area contributed by atoms with E-state index in [0.717, 1.165) is 31.9 Å². The van der Waals surface area contributed by atoms with E-state index in [1.54, 1.807) is 0 Å². The van der Waals surface area contributed by atoms with Gasteiger partial charge in [0.15, 0.2) is 0 Å². The first-order valence-corrected chi connectivity index (χ1v) is 5.14. The van der Waals surface area contributed by atoms with Crippen LogP contribution >= 0.6 is 12.4 Å². The summed E-state index contributed by atoms with van der Waals surface area (Å²) in [7, 11) is 0. The molecule has 0 aliphatic carbocycles. The van der Waals surface area contributed by atoms with E-state index in [-0.39, 0.29) is 12.4 Å². The third kappa shape index (κ3) is 3.09. The van der Waals surface area contributed by atoms with Crippen molar-refractivity contribution in [2.45, 2.75) is 6.61 Å². The van der Waals surface area contributed by atoms with Crippen molar-refractivity contribution in [1.29, 1.82) is 0 Å². The van der Waals surface area contributed by atoms with Gasteiger partial charge in [0, 0.05) is 24.3 Å². The molecule has 0 radical (unpaired) electrons. The Kier molecular flexibility index (Phi) is 5.55. The first kappa shape index (κ1) is 13.3. The van der Waals surface area contributed by atoms with E-state index >= 15 is 0 Å². The highest BCUT2D eigenvalue weighted by atomic mass is 35.5. The lowest BCUT2D eigenvalue weighted by atomic mass is 10.1. The number of morpholine rings is 1. The monoisotopic (exact) mass is 244 g/mol. The van der Waals surface area contributed by atoms with E-state index in [2.05, 4.69) is 11.0 Å². The predicted octanol–water partition coefficient (Wildman–Crippen LogP) is 1.34. The normalized spacial score (nSPS) is 15.7. The number of nitrogens with zero attached hydrogens (tertiary/aromatic N) is 1. The highest BCUT2D eigenvalue weighted by Gasteiger charge is 2.13. The van der Waals surface area contributed by atoms with Crippen LogP contribution in [0.1, 0.15) is 5.56 Å². The van der Waals surface area contributed by atoms with Crippen LogP contribution in [0.2, 0.25) is 0 Å². The molecule has 5 heteroatoms. The number of ether oxygens (including phenoxy) is 1. The van der Waals surface area contributed by atoms with Gasteiger partial charge in [-0.05, 0) is 6.07 Å². The average Bonchev–Trinajstić information content (AvgIpc) is 2.31. The molecule has 0 saturated carbocycles. The Morgan fingerprint density at radius 2 is 1.94 bits per heavy atom. The summed E-state index contributed by atoms with van der Waals surface area (Å²) in [5.74, 6) is 5.12. The quantitative estimate of drug-likeness (QED) is 0.816. The van der Waals surface area contributed by atoms with Crippen molar-refractivity contribution in [3.63, 3.8) is 0 Å². The summed E-state index contributed by atoms with van der Waals surface area (Å²) < 4.78 is 5.32. The number of benzene rings is 1. The van der Waals surface area contributed by atoms with Crippen LogP contribution in [0.3, 0.4) is 0 Å². The van der Waals surface area contributed by atoms with Gasteiger partial charge in [0.1, 0.15) is 0 Å². The molecule has 0 amide bonds. The van der Waals surface area contributed by atoms with Gasteiger partial charge in [-0.15, -0.1) is 12.4 Å². The number of rotatable bonds is 3.